The average Bonchev–Trinajstić information content (AvgIpc) is 2.41. The summed E-state index contributed by atoms with van der Waals surface area (Å²) in [6.45, 7) is 0. The van der Waals surface area contributed by atoms with Gasteiger partial charge >= 0.3 is 162 Å². The molecule has 0 aliphatic heterocycles. The number of aliphatic hydroxyl groups is 2. The number of hydrogen-bond acceptors (Lipinski definition) is 9. The summed E-state index contributed by atoms with van der Waals surface area (Å²) in [6.07, 6.45) is -4.58. The van der Waals surface area contributed by atoms with Gasteiger partial charge in [0.05, 0.1) is 25.7 Å². The van der Waals surface area contributed by atoms with Gasteiger partial charge in [-0.15, -0.1) is 0 Å². The molecule has 212 valence electrons. The maximum absolute atomic E-state index is 10.3. The molecular weight excluding hydrogens is 603 g/mol. The zero-order chi connectivity index (χ0) is 25.8. The minimum absolute atomic E-state index is 0. The van der Waals surface area contributed by atoms with Gasteiger partial charge in [-0.1, -0.05) is 0 Å². The van der Waals surface area contributed by atoms with Crippen LogP contribution in [-0.2, 0) is 33.3 Å². The van der Waals surface area contributed by atoms with Crippen LogP contribution in [0.4, 0.5) is 0 Å². The Morgan fingerprint density at radius 2 is 0.605 bits per heavy atom. The first kappa shape index (κ1) is 66.8. The van der Waals surface area contributed by atoms with Crippen molar-refractivity contribution >= 4 is 43.6 Å². The minimum Gasteiger partial charge on any atom is -1.00 e. The van der Waals surface area contributed by atoms with Crippen LogP contribution in [0.2, 0.25) is 0 Å². The Morgan fingerprint density at radius 3 is 0.658 bits per heavy atom. The van der Waals surface area contributed by atoms with Crippen LogP contribution in [0.1, 0.15) is 31.4 Å². The molecule has 0 heterocycles. The standard InChI is InChI=1S/2C6H8O7.4Na.H3O4P.3H2O.4H/c2*7-3(8)1-6(13,5(11)12)2-4(9)10;;;;;1-5(2,3)4;;;;;;;/h2*13H,1-2H2,(H,7,8)(H,9,10)(H,11,12);;;;;(H3,1,2,3,4);3*1H2;;;;/q;;4*+1;;;;;4*-1. The van der Waals surface area contributed by atoms with Gasteiger partial charge in [-0.3, -0.25) is 19.2 Å². The molecule has 0 bridgehead atoms. The molecule has 0 aromatic carbocycles. The maximum atomic E-state index is 10.3. The van der Waals surface area contributed by atoms with Gasteiger partial charge in [0.1, 0.15) is 0 Å². The summed E-state index contributed by atoms with van der Waals surface area (Å²) in [5, 5.41) is 67.6. The first-order valence-electron chi connectivity index (χ1n) is 7.12. The van der Waals surface area contributed by atoms with Gasteiger partial charge in [-0.25, -0.2) is 14.2 Å². The van der Waals surface area contributed by atoms with Crippen LogP contribution in [0.15, 0.2) is 0 Å². The van der Waals surface area contributed by atoms with E-state index in [2.05, 4.69) is 0 Å². The molecule has 0 amide bonds. The van der Waals surface area contributed by atoms with E-state index < -0.39 is 80.5 Å². The van der Waals surface area contributed by atoms with Gasteiger partial charge in [0.2, 0.25) is 0 Å². The SMILES string of the molecule is O.O.O.O=C(O)CC(O)(CC(=O)O)C(=O)O.O=C(O)CC(O)(CC(=O)O)C(=O)O.O=P(O)(O)O.[H-].[H-].[H-].[H-].[Na+].[Na+].[Na+].[Na+]. The number of hydrogen-bond donors (Lipinski definition) is 11. The molecule has 21 nitrogen and oxygen atoms in total. The minimum atomic E-state index is -4.64. The van der Waals surface area contributed by atoms with E-state index in [1.54, 1.807) is 0 Å². The van der Waals surface area contributed by atoms with Crippen LogP contribution >= 0.6 is 7.82 Å². The van der Waals surface area contributed by atoms with Crippen LogP contribution in [0.3, 0.4) is 0 Å². The molecule has 0 aromatic heterocycles. The molecule has 0 unspecified atom stereocenters. The fraction of sp³-hybridized carbons (Fsp3) is 0.500. The summed E-state index contributed by atoms with van der Waals surface area (Å²) >= 11 is 0. The Bertz CT molecular complexity index is 681. The van der Waals surface area contributed by atoms with Crippen molar-refractivity contribution in [2.45, 2.75) is 36.9 Å². The fourth-order valence-corrected chi connectivity index (χ4v) is 1.43. The van der Waals surface area contributed by atoms with E-state index in [1.807, 2.05) is 0 Å². The molecule has 0 radical (unpaired) electrons. The van der Waals surface area contributed by atoms with Crippen LogP contribution in [0.5, 0.6) is 0 Å². The summed E-state index contributed by atoms with van der Waals surface area (Å²) in [5.41, 5.74) is -5.48. The number of carbonyl (C=O) groups is 6. The summed E-state index contributed by atoms with van der Waals surface area (Å²) in [7, 11) is -4.64. The summed E-state index contributed by atoms with van der Waals surface area (Å²) < 4.78 is 8.88. The molecule has 38 heavy (non-hydrogen) atoms. The van der Waals surface area contributed by atoms with Crippen molar-refractivity contribution in [3.8, 4) is 0 Å². The Morgan fingerprint density at radius 1 is 0.500 bits per heavy atom. The van der Waals surface area contributed by atoms with Gasteiger partial charge < -0.3 is 77.7 Å². The third kappa shape index (κ3) is 43.8. The average molecular weight is 632 g/mol. The van der Waals surface area contributed by atoms with E-state index in [4.69, 9.17) is 60.1 Å². The smallest absolute Gasteiger partial charge is 1.00 e. The number of rotatable bonds is 10. The maximum Gasteiger partial charge on any atom is 1.00 e. The second-order valence-corrected chi connectivity index (χ2v) is 6.50. The Hall–Kier alpha value is 0.730. The summed E-state index contributed by atoms with van der Waals surface area (Å²) in [4.78, 5) is 82.5. The molecular formula is C12H29Na4O21P. The number of aliphatic carboxylic acids is 6. The van der Waals surface area contributed by atoms with Crippen molar-refractivity contribution in [1.82, 2.24) is 0 Å². The van der Waals surface area contributed by atoms with Crippen LogP contribution in [-0.4, -0.2) is 119 Å². The molecule has 0 aromatic rings. The van der Waals surface area contributed by atoms with Crippen molar-refractivity contribution in [3.05, 3.63) is 0 Å². The number of phosphoric acid groups is 1. The largest absolute Gasteiger partial charge is 1.00 e. The molecule has 0 saturated heterocycles. The zero-order valence-electron chi connectivity index (χ0n) is 24.6. The molecule has 0 rings (SSSR count). The quantitative estimate of drug-likeness (QED) is 0.0786. The van der Waals surface area contributed by atoms with Gasteiger partial charge in [0, 0.05) is 0 Å². The number of carboxylic acid groups (broad SMARTS) is 6. The van der Waals surface area contributed by atoms with Crippen LogP contribution < -0.4 is 118 Å². The molecule has 26 heteroatoms. The van der Waals surface area contributed by atoms with E-state index in [1.165, 1.54) is 0 Å². The topological polar surface area (TPSA) is 437 Å². The molecule has 0 spiro atoms. The number of carboxylic acids is 6. The third-order valence-electron chi connectivity index (χ3n) is 2.57. The van der Waals surface area contributed by atoms with E-state index in [0.717, 1.165) is 0 Å². The van der Waals surface area contributed by atoms with Gasteiger partial charge in [-0.2, -0.15) is 0 Å². The molecule has 0 atom stereocenters. The van der Waals surface area contributed by atoms with Crippen molar-refractivity contribution in [1.29, 1.82) is 0 Å². The van der Waals surface area contributed by atoms with Crippen molar-refractivity contribution in [2.75, 3.05) is 0 Å². The second-order valence-electron chi connectivity index (χ2n) is 5.47. The van der Waals surface area contributed by atoms with Gasteiger partial charge in [0.15, 0.2) is 11.2 Å². The summed E-state index contributed by atoms with van der Waals surface area (Å²) in [6, 6.07) is 0. The Labute approximate surface area is 306 Å². The van der Waals surface area contributed by atoms with Gasteiger partial charge in [-0.05, 0) is 0 Å². The zero-order valence-corrected chi connectivity index (χ0v) is 29.4. The first-order chi connectivity index (χ1) is 13.6. The van der Waals surface area contributed by atoms with Crippen LogP contribution in [0, 0.1) is 0 Å². The first-order valence-corrected chi connectivity index (χ1v) is 8.69. The molecule has 0 aliphatic rings. The third-order valence-corrected chi connectivity index (χ3v) is 2.57. The molecule has 17 N–H and O–H groups in total. The van der Waals surface area contributed by atoms with E-state index in [9.17, 15) is 28.8 Å². The van der Waals surface area contributed by atoms with E-state index >= 15 is 0 Å². The predicted molar refractivity (Wildman–Crippen MR) is 104 cm³/mol. The normalized spacial score (nSPS) is 8.97. The van der Waals surface area contributed by atoms with Crippen molar-refractivity contribution < 1.29 is 229 Å². The molecule has 0 aliphatic carbocycles. The van der Waals surface area contributed by atoms with E-state index in [0.29, 0.717) is 0 Å². The molecule has 0 fully saturated rings. The summed E-state index contributed by atoms with van der Waals surface area (Å²) in [5.74, 6) is -10.0. The van der Waals surface area contributed by atoms with Crippen molar-refractivity contribution in [2.24, 2.45) is 0 Å². The van der Waals surface area contributed by atoms with Crippen LogP contribution in [0.25, 0.3) is 0 Å². The fourth-order valence-electron chi connectivity index (χ4n) is 1.43. The Balaban J connectivity index is -0.0000000218. The monoisotopic (exact) mass is 632 g/mol. The van der Waals surface area contributed by atoms with Gasteiger partial charge in [0.25, 0.3) is 0 Å². The Kier molecular flexibility index (Phi) is 53.9. The van der Waals surface area contributed by atoms with E-state index in [-0.39, 0.29) is 140 Å². The predicted octanol–water partition coefficient (Wildman–Crippen LogP) is -17.4. The molecule has 0 saturated carbocycles. The van der Waals surface area contributed by atoms with Crippen molar-refractivity contribution in [3.63, 3.8) is 0 Å². The second kappa shape index (κ2) is 30.7.